The summed E-state index contributed by atoms with van der Waals surface area (Å²) in [5.74, 6) is -0.283. The number of carbonyl (C=O) groups is 1. The molecule has 0 aliphatic heterocycles. The van der Waals surface area contributed by atoms with E-state index in [1.807, 2.05) is 26.0 Å². The van der Waals surface area contributed by atoms with Crippen LogP contribution < -0.4 is 9.62 Å². The van der Waals surface area contributed by atoms with Crippen molar-refractivity contribution in [3.05, 3.63) is 29.8 Å². The number of benzene rings is 1. The van der Waals surface area contributed by atoms with Gasteiger partial charge in [0.25, 0.3) is 0 Å². The minimum absolute atomic E-state index is 0.283. The fourth-order valence-corrected chi connectivity index (χ4v) is 3.21. The van der Waals surface area contributed by atoms with Crippen molar-refractivity contribution in [1.82, 2.24) is 5.32 Å². The van der Waals surface area contributed by atoms with E-state index in [4.69, 9.17) is 0 Å². The van der Waals surface area contributed by atoms with Crippen molar-refractivity contribution in [3.8, 4) is 0 Å². The lowest BCUT2D eigenvalue weighted by molar-refractivity contribution is -0.121. The molecule has 1 atom stereocenters. The van der Waals surface area contributed by atoms with E-state index in [-0.39, 0.29) is 5.91 Å². The number of nitrogens with one attached hydrogen (secondary N) is 1. The molecule has 1 N–H and O–H groups in total. The maximum absolute atomic E-state index is 12.1. The van der Waals surface area contributed by atoms with Crippen molar-refractivity contribution < 1.29 is 13.2 Å². The summed E-state index contributed by atoms with van der Waals surface area (Å²) in [4.78, 5) is 12.1. The van der Waals surface area contributed by atoms with Gasteiger partial charge in [-0.05, 0) is 32.4 Å². The normalized spacial score (nSPS) is 12.8. The fourth-order valence-electron chi connectivity index (χ4n) is 2.04. The fraction of sp³-hybridized carbons (Fsp3) is 0.533. The number of aryl methyl sites for hydroxylation is 1. The van der Waals surface area contributed by atoms with Gasteiger partial charge in [0.15, 0.2) is 0 Å². The molecule has 1 amide bonds. The van der Waals surface area contributed by atoms with Crippen LogP contribution in [0.5, 0.6) is 0 Å². The van der Waals surface area contributed by atoms with Crippen LogP contribution in [0, 0.1) is 6.92 Å². The Morgan fingerprint density at radius 1 is 1.29 bits per heavy atom. The standard InChI is InChI=1S/C15H24N2O3S/c1-5-6-11-16-15(18)13(3)17(21(4,19)20)14-9-7-12(2)8-10-14/h7-10,13H,5-6,11H2,1-4H3,(H,16,18)/t13-/m0/s1. The van der Waals surface area contributed by atoms with Crippen molar-refractivity contribution in [1.29, 1.82) is 0 Å². The number of nitrogens with zero attached hydrogens (tertiary/aromatic N) is 1. The Hall–Kier alpha value is -1.56. The summed E-state index contributed by atoms with van der Waals surface area (Å²) in [6, 6.07) is 6.31. The summed E-state index contributed by atoms with van der Waals surface area (Å²) < 4.78 is 25.2. The van der Waals surface area contributed by atoms with Gasteiger partial charge in [0.2, 0.25) is 15.9 Å². The molecule has 0 saturated carbocycles. The van der Waals surface area contributed by atoms with Crippen LogP contribution in [0.15, 0.2) is 24.3 Å². The average Bonchev–Trinajstić information content (AvgIpc) is 2.39. The van der Waals surface area contributed by atoms with Gasteiger partial charge in [-0.15, -0.1) is 0 Å². The molecule has 1 rings (SSSR count). The lowest BCUT2D eigenvalue weighted by atomic mass is 10.2. The van der Waals surface area contributed by atoms with Gasteiger partial charge in [-0.3, -0.25) is 9.10 Å². The Morgan fingerprint density at radius 2 is 1.86 bits per heavy atom. The Bertz CT molecular complexity index is 567. The van der Waals surface area contributed by atoms with E-state index >= 15 is 0 Å². The summed E-state index contributed by atoms with van der Waals surface area (Å²) in [7, 11) is -3.53. The molecular weight excluding hydrogens is 288 g/mol. The largest absolute Gasteiger partial charge is 0.354 e. The second-order valence-corrected chi connectivity index (χ2v) is 7.07. The minimum atomic E-state index is -3.53. The van der Waals surface area contributed by atoms with E-state index < -0.39 is 16.1 Å². The first kappa shape index (κ1) is 17.5. The molecule has 0 fully saturated rings. The highest BCUT2D eigenvalue weighted by Gasteiger charge is 2.28. The highest BCUT2D eigenvalue weighted by atomic mass is 32.2. The van der Waals surface area contributed by atoms with Gasteiger partial charge in [-0.2, -0.15) is 0 Å². The van der Waals surface area contributed by atoms with Crippen molar-refractivity contribution in [2.24, 2.45) is 0 Å². The van der Waals surface area contributed by atoms with E-state index in [0.717, 1.165) is 29.0 Å². The summed E-state index contributed by atoms with van der Waals surface area (Å²) in [5.41, 5.74) is 1.54. The lowest BCUT2D eigenvalue weighted by Gasteiger charge is -2.28. The Morgan fingerprint density at radius 3 is 2.33 bits per heavy atom. The van der Waals surface area contributed by atoms with Crippen LogP contribution in [-0.2, 0) is 14.8 Å². The van der Waals surface area contributed by atoms with Crippen molar-refractivity contribution >= 4 is 21.6 Å². The second-order valence-electron chi connectivity index (χ2n) is 5.21. The number of hydrogen-bond acceptors (Lipinski definition) is 3. The van der Waals surface area contributed by atoms with Crippen LogP contribution in [0.25, 0.3) is 0 Å². The van der Waals surface area contributed by atoms with E-state index in [2.05, 4.69) is 5.32 Å². The number of rotatable bonds is 7. The predicted octanol–water partition coefficient (Wildman–Crippen LogP) is 2.07. The molecule has 0 bridgehead atoms. The molecule has 21 heavy (non-hydrogen) atoms. The Labute approximate surface area is 127 Å². The summed E-state index contributed by atoms with van der Waals surface area (Å²) in [5, 5.41) is 2.77. The molecule has 0 spiro atoms. The van der Waals surface area contributed by atoms with Crippen LogP contribution in [0.1, 0.15) is 32.3 Å². The molecule has 0 unspecified atom stereocenters. The van der Waals surface area contributed by atoms with E-state index in [0.29, 0.717) is 12.2 Å². The van der Waals surface area contributed by atoms with Gasteiger partial charge in [-0.1, -0.05) is 31.0 Å². The monoisotopic (exact) mass is 312 g/mol. The minimum Gasteiger partial charge on any atom is -0.354 e. The maximum atomic E-state index is 12.1. The molecule has 118 valence electrons. The topological polar surface area (TPSA) is 66.5 Å². The summed E-state index contributed by atoms with van der Waals surface area (Å²) in [6.07, 6.45) is 2.97. The van der Waals surface area contributed by atoms with Crippen molar-refractivity contribution in [3.63, 3.8) is 0 Å². The highest BCUT2D eigenvalue weighted by molar-refractivity contribution is 7.92. The quantitative estimate of drug-likeness (QED) is 0.784. The van der Waals surface area contributed by atoms with Gasteiger partial charge in [0.1, 0.15) is 6.04 Å². The number of carbonyl (C=O) groups excluding carboxylic acids is 1. The molecule has 6 heteroatoms. The Kier molecular flexibility index (Phi) is 6.20. The molecule has 1 aromatic carbocycles. The van der Waals surface area contributed by atoms with Crippen molar-refractivity contribution in [2.45, 2.75) is 39.7 Å². The molecule has 0 aliphatic rings. The van der Waals surface area contributed by atoms with E-state index in [1.54, 1.807) is 19.1 Å². The molecule has 5 nitrogen and oxygen atoms in total. The number of anilines is 1. The van der Waals surface area contributed by atoms with Crippen LogP contribution in [0.2, 0.25) is 0 Å². The molecular formula is C15H24N2O3S. The second kappa shape index (κ2) is 7.45. The maximum Gasteiger partial charge on any atom is 0.243 e. The van der Waals surface area contributed by atoms with Gasteiger partial charge >= 0.3 is 0 Å². The number of sulfonamides is 1. The van der Waals surface area contributed by atoms with Gasteiger partial charge in [0, 0.05) is 6.54 Å². The third-order valence-electron chi connectivity index (χ3n) is 3.21. The molecule has 0 aliphatic carbocycles. The SMILES string of the molecule is CCCCNC(=O)[C@H](C)N(c1ccc(C)cc1)S(C)(=O)=O. The predicted molar refractivity (Wildman–Crippen MR) is 85.9 cm³/mol. The van der Waals surface area contributed by atoms with Gasteiger partial charge < -0.3 is 5.32 Å². The first-order valence-corrected chi connectivity index (χ1v) is 8.96. The molecule has 1 aromatic rings. The highest BCUT2D eigenvalue weighted by Crippen LogP contribution is 2.21. The smallest absolute Gasteiger partial charge is 0.243 e. The third-order valence-corrected chi connectivity index (χ3v) is 4.45. The molecule has 0 radical (unpaired) electrons. The molecule has 0 saturated heterocycles. The molecule has 0 heterocycles. The van der Waals surface area contributed by atoms with Crippen LogP contribution in [-0.4, -0.2) is 33.2 Å². The summed E-state index contributed by atoms with van der Waals surface area (Å²) in [6.45, 7) is 6.12. The molecule has 0 aromatic heterocycles. The van der Waals surface area contributed by atoms with Crippen LogP contribution in [0.4, 0.5) is 5.69 Å². The zero-order valence-electron chi connectivity index (χ0n) is 13.1. The van der Waals surface area contributed by atoms with Gasteiger partial charge in [-0.25, -0.2) is 8.42 Å². The zero-order chi connectivity index (χ0) is 16.0. The third kappa shape index (κ3) is 5.04. The lowest BCUT2D eigenvalue weighted by Crippen LogP contribution is -2.48. The zero-order valence-corrected chi connectivity index (χ0v) is 13.9. The first-order chi connectivity index (χ1) is 9.77. The first-order valence-electron chi connectivity index (χ1n) is 7.11. The van der Waals surface area contributed by atoms with Crippen LogP contribution in [0.3, 0.4) is 0 Å². The Balaban J connectivity index is 2.98. The van der Waals surface area contributed by atoms with Crippen LogP contribution >= 0.6 is 0 Å². The van der Waals surface area contributed by atoms with E-state index in [1.165, 1.54) is 0 Å². The summed E-state index contributed by atoms with van der Waals surface area (Å²) >= 11 is 0. The number of amides is 1. The number of unbranched alkanes of at least 4 members (excludes halogenated alkanes) is 1. The van der Waals surface area contributed by atoms with Gasteiger partial charge in [0.05, 0.1) is 11.9 Å². The van der Waals surface area contributed by atoms with Crippen molar-refractivity contribution in [2.75, 3.05) is 17.1 Å². The average molecular weight is 312 g/mol. The number of hydrogen-bond donors (Lipinski definition) is 1. The van der Waals surface area contributed by atoms with E-state index in [9.17, 15) is 13.2 Å².